The van der Waals surface area contributed by atoms with Crippen molar-refractivity contribution in [3.05, 3.63) is 59.7 Å². The van der Waals surface area contributed by atoms with Crippen molar-refractivity contribution in [2.75, 3.05) is 13.2 Å². The first-order chi connectivity index (χ1) is 19.5. The van der Waals surface area contributed by atoms with Gasteiger partial charge in [-0.15, -0.1) is 0 Å². The molecule has 0 heterocycles. The Kier molecular flexibility index (Phi) is 13.3. The third-order valence-corrected chi connectivity index (χ3v) is 8.18. The van der Waals surface area contributed by atoms with Gasteiger partial charge in [-0.05, 0) is 48.2 Å². The minimum Gasteiger partial charge on any atom is -0.494 e. The molecule has 0 spiro atoms. The number of carboxylic acids is 2. The standard InChI is InChI=1S/C34H48O6/c1-3-5-7-9-11-13-23-39-27-19-15-25(16-20-27)29-31(33(35)36)30(32(29)34(37)38)26-17-21-28(22-18-26)40-24-14-12-10-8-6-4-2/h15-22,29-32H,3-14,23-24H2,1-2H3,(H,35,36)(H,37,38). The van der Waals surface area contributed by atoms with Gasteiger partial charge in [0.05, 0.1) is 25.0 Å². The summed E-state index contributed by atoms with van der Waals surface area (Å²) in [6, 6.07) is 14.6. The third kappa shape index (κ3) is 9.00. The van der Waals surface area contributed by atoms with Crippen molar-refractivity contribution in [2.45, 2.75) is 103 Å². The maximum Gasteiger partial charge on any atom is 0.307 e. The Bertz CT molecular complexity index is 924. The van der Waals surface area contributed by atoms with Gasteiger partial charge < -0.3 is 19.7 Å². The molecular weight excluding hydrogens is 504 g/mol. The minimum absolute atomic E-state index is 0.601. The van der Waals surface area contributed by atoms with Crippen LogP contribution < -0.4 is 9.47 Å². The molecule has 40 heavy (non-hydrogen) atoms. The molecule has 2 aromatic rings. The highest BCUT2D eigenvalue weighted by molar-refractivity contribution is 5.83. The maximum atomic E-state index is 12.3. The van der Waals surface area contributed by atoms with Gasteiger partial charge in [-0.1, -0.05) is 102 Å². The first kappa shape index (κ1) is 31.5. The topological polar surface area (TPSA) is 93.1 Å². The molecule has 220 valence electrons. The van der Waals surface area contributed by atoms with Gasteiger partial charge >= 0.3 is 11.9 Å². The molecule has 6 heteroatoms. The summed E-state index contributed by atoms with van der Waals surface area (Å²) >= 11 is 0. The Balaban J connectivity index is 1.57. The molecule has 6 nitrogen and oxygen atoms in total. The number of unbranched alkanes of at least 4 members (excludes halogenated alkanes) is 10. The maximum absolute atomic E-state index is 12.3. The van der Waals surface area contributed by atoms with Gasteiger partial charge in [-0.3, -0.25) is 9.59 Å². The van der Waals surface area contributed by atoms with Crippen molar-refractivity contribution in [3.63, 3.8) is 0 Å². The summed E-state index contributed by atoms with van der Waals surface area (Å²) < 4.78 is 11.7. The van der Waals surface area contributed by atoms with Gasteiger partial charge in [0.15, 0.2) is 0 Å². The summed E-state index contributed by atoms with van der Waals surface area (Å²) in [5.41, 5.74) is 1.45. The lowest BCUT2D eigenvalue weighted by molar-refractivity contribution is -0.159. The predicted molar refractivity (Wildman–Crippen MR) is 158 cm³/mol. The number of carboxylic acid groups (broad SMARTS) is 2. The molecule has 0 aliphatic heterocycles. The highest BCUT2D eigenvalue weighted by Gasteiger charge is 2.58. The van der Waals surface area contributed by atoms with E-state index in [2.05, 4.69) is 13.8 Å². The summed E-state index contributed by atoms with van der Waals surface area (Å²) in [4.78, 5) is 24.7. The van der Waals surface area contributed by atoms with Crippen molar-refractivity contribution in [2.24, 2.45) is 11.8 Å². The van der Waals surface area contributed by atoms with Crippen LogP contribution in [0.3, 0.4) is 0 Å². The van der Waals surface area contributed by atoms with E-state index in [-0.39, 0.29) is 0 Å². The zero-order valence-electron chi connectivity index (χ0n) is 24.4. The van der Waals surface area contributed by atoms with Crippen LogP contribution in [0.4, 0.5) is 0 Å². The predicted octanol–water partition coefficient (Wildman–Crippen LogP) is 8.45. The van der Waals surface area contributed by atoms with E-state index in [1.807, 2.05) is 48.5 Å². The molecular formula is C34H48O6. The van der Waals surface area contributed by atoms with Crippen LogP contribution in [0, 0.1) is 11.8 Å². The fourth-order valence-electron chi connectivity index (χ4n) is 5.91. The van der Waals surface area contributed by atoms with Crippen LogP contribution in [0.2, 0.25) is 0 Å². The molecule has 1 saturated carbocycles. The Morgan fingerprint density at radius 3 is 1.20 bits per heavy atom. The van der Waals surface area contributed by atoms with Crippen LogP contribution in [-0.4, -0.2) is 35.4 Å². The minimum atomic E-state index is -0.973. The zero-order valence-corrected chi connectivity index (χ0v) is 24.4. The fraction of sp³-hybridized carbons (Fsp3) is 0.588. The summed E-state index contributed by atoms with van der Waals surface area (Å²) in [6.07, 6.45) is 14.3. The molecule has 0 amide bonds. The molecule has 0 unspecified atom stereocenters. The number of hydrogen-bond acceptors (Lipinski definition) is 4. The molecule has 2 aromatic carbocycles. The normalized spacial score (nSPS) is 20.1. The molecule has 1 fully saturated rings. The van der Waals surface area contributed by atoms with Crippen molar-refractivity contribution >= 4 is 11.9 Å². The van der Waals surface area contributed by atoms with Crippen molar-refractivity contribution < 1.29 is 29.3 Å². The number of ether oxygens (including phenoxy) is 2. The van der Waals surface area contributed by atoms with Crippen molar-refractivity contribution in [1.82, 2.24) is 0 Å². The molecule has 2 N–H and O–H groups in total. The second-order valence-corrected chi connectivity index (χ2v) is 11.2. The fourth-order valence-corrected chi connectivity index (χ4v) is 5.91. The zero-order chi connectivity index (χ0) is 28.7. The second kappa shape index (κ2) is 16.9. The van der Waals surface area contributed by atoms with E-state index in [1.54, 1.807) is 0 Å². The van der Waals surface area contributed by atoms with Crippen LogP contribution in [0.5, 0.6) is 11.5 Å². The van der Waals surface area contributed by atoms with E-state index in [0.29, 0.717) is 13.2 Å². The molecule has 0 bridgehead atoms. The molecule has 3 rings (SSSR count). The van der Waals surface area contributed by atoms with Crippen LogP contribution in [0.15, 0.2) is 48.5 Å². The highest BCUT2D eigenvalue weighted by atomic mass is 16.5. The van der Waals surface area contributed by atoms with E-state index < -0.39 is 35.6 Å². The molecule has 0 saturated heterocycles. The second-order valence-electron chi connectivity index (χ2n) is 11.2. The Morgan fingerprint density at radius 2 is 0.875 bits per heavy atom. The molecule has 0 atom stereocenters. The van der Waals surface area contributed by atoms with Crippen molar-refractivity contribution in [3.8, 4) is 11.5 Å². The third-order valence-electron chi connectivity index (χ3n) is 8.18. The van der Waals surface area contributed by atoms with E-state index in [1.165, 1.54) is 51.4 Å². The summed E-state index contributed by atoms with van der Waals surface area (Å²) in [5.74, 6) is -3.32. The first-order valence-corrected chi connectivity index (χ1v) is 15.4. The van der Waals surface area contributed by atoms with Crippen LogP contribution in [-0.2, 0) is 9.59 Å². The average Bonchev–Trinajstić information content (AvgIpc) is 2.92. The van der Waals surface area contributed by atoms with Gasteiger partial charge in [-0.25, -0.2) is 0 Å². The van der Waals surface area contributed by atoms with Gasteiger partial charge in [0.25, 0.3) is 0 Å². The monoisotopic (exact) mass is 552 g/mol. The van der Waals surface area contributed by atoms with Gasteiger partial charge in [0.2, 0.25) is 0 Å². The first-order valence-electron chi connectivity index (χ1n) is 15.4. The lowest BCUT2D eigenvalue weighted by Gasteiger charge is -2.48. The SMILES string of the molecule is CCCCCCCCOc1ccc(C2C(C(=O)O)C(c3ccc(OCCCCCCCC)cc3)C2C(=O)O)cc1. The molecule has 0 aromatic heterocycles. The lowest BCUT2D eigenvalue weighted by atomic mass is 9.52. The van der Waals surface area contributed by atoms with Gasteiger partial charge in [-0.2, -0.15) is 0 Å². The Morgan fingerprint density at radius 1 is 0.550 bits per heavy atom. The van der Waals surface area contributed by atoms with Crippen molar-refractivity contribution in [1.29, 1.82) is 0 Å². The summed E-state index contributed by atoms with van der Waals surface area (Å²) in [6.45, 7) is 5.70. The van der Waals surface area contributed by atoms with Gasteiger partial charge in [0.1, 0.15) is 11.5 Å². The largest absolute Gasteiger partial charge is 0.494 e. The summed E-state index contributed by atoms with van der Waals surface area (Å²) in [7, 11) is 0. The smallest absolute Gasteiger partial charge is 0.307 e. The van der Waals surface area contributed by atoms with Gasteiger partial charge in [0, 0.05) is 11.8 Å². The number of rotatable bonds is 20. The highest BCUT2D eigenvalue weighted by Crippen LogP contribution is 2.57. The van der Waals surface area contributed by atoms with E-state index in [4.69, 9.17) is 9.47 Å². The quantitative estimate of drug-likeness (QED) is 0.160. The van der Waals surface area contributed by atoms with Crippen LogP contribution in [0.25, 0.3) is 0 Å². The van der Waals surface area contributed by atoms with Crippen LogP contribution >= 0.6 is 0 Å². The Labute approximate surface area is 240 Å². The lowest BCUT2D eigenvalue weighted by Crippen LogP contribution is -2.50. The number of aliphatic carboxylic acids is 2. The molecule has 1 aliphatic rings. The number of benzene rings is 2. The van der Waals surface area contributed by atoms with E-state index in [9.17, 15) is 19.8 Å². The summed E-state index contributed by atoms with van der Waals surface area (Å²) in [5, 5.41) is 20.2. The van der Waals surface area contributed by atoms with E-state index >= 15 is 0 Å². The number of hydrogen-bond donors (Lipinski definition) is 2. The molecule has 0 radical (unpaired) electrons. The molecule has 1 aliphatic carbocycles. The van der Waals surface area contributed by atoms with Crippen LogP contribution in [0.1, 0.15) is 114 Å². The average molecular weight is 553 g/mol. The Hall–Kier alpha value is -3.02. The van der Waals surface area contributed by atoms with E-state index in [0.717, 1.165) is 48.3 Å². The number of carbonyl (C=O) groups is 2.